The second-order valence-electron chi connectivity index (χ2n) is 4.53. The molecule has 0 bridgehead atoms. The number of halogens is 1. The molecule has 0 radical (unpaired) electrons. The summed E-state index contributed by atoms with van der Waals surface area (Å²) in [6, 6.07) is 6.89. The fraction of sp³-hybridized carbons (Fsp3) is 0.286. The largest absolute Gasteiger partial charge is 0.312 e. The molecule has 4 nitrogen and oxygen atoms in total. The number of para-hydroxylation sites is 1. The fourth-order valence-corrected chi connectivity index (χ4v) is 4.78. The number of hydrogen-bond donors (Lipinski definition) is 2. The molecule has 0 fully saturated rings. The third-order valence-corrected chi connectivity index (χ3v) is 5.79. The molecule has 0 saturated heterocycles. The van der Waals surface area contributed by atoms with E-state index in [0.29, 0.717) is 22.2 Å². The summed E-state index contributed by atoms with van der Waals surface area (Å²) in [6.45, 7) is 5.12. The third kappa shape index (κ3) is 3.77. The Labute approximate surface area is 134 Å². The third-order valence-electron chi connectivity index (χ3n) is 2.99. The van der Waals surface area contributed by atoms with Crippen molar-refractivity contribution in [3.8, 4) is 0 Å². The topological polar surface area (TPSA) is 58.2 Å². The van der Waals surface area contributed by atoms with E-state index in [1.807, 2.05) is 19.9 Å². The van der Waals surface area contributed by atoms with Gasteiger partial charge in [-0.3, -0.25) is 4.72 Å². The normalized spacial score (nSPS) is 11.6. The molecule has 2 rings (SSSR count). The average Bonchev–Trinajstić information content (AvgIpc) is 2.90. The van der Waals surface area contributed by atoms with Gasteiger partial charge in [0.15, 0.2) is 0 Å². The lowest BCUT2D eigenvalue weighted by molar-refractivity contribution is 0.599. The molecule has 114 valence electrons. The van der Waals surface area contributed by atoms with Crippen molar-refractivity contribution in [2.75, 3.05) is 11.3 Å². The van der Waals surface area contributed by atoms with Crippen LogP contribution in [0.2, 0.25) is 5.02 Å². The predicted octanol–water partition coefficient (Wildman–Crippen LogP) is 3.62. The van der Waals surface area contributed by atoms with Crippen LogP contribution in [0.15, 0.2) is 34.5 Å². The molecular formula is C14H17ClN2O2S2. The molecule has 2 aromatic rings. The molecule has 2 N–H and O–H groups in total. The van der Waals surface area contributed by atoms with Gasteiger partial charge in [-0.25, -0.2) is 8.42 Å². The second-order valence-corrected chi connectivity index (χ2v) is 7.58. The van der Waals surface area contributed by atoms with Gasteiger partial charge in [-0.1, -0.05) is 30.7 Å². The molecule has 1 heterocycles. The average molecular weight is 345 g/mol. The first kappa shape index (κ1) is 16.3. The Morgan fingerprint density at radius 1 is 1.29 bits per heavy atom. The molecule has 21 heavy (non-hydrogen) atoms. The van der Waals surface area contributed by atoms with Gasteiger partial charge in [-0.2, -0.15) is 0 Å². The zero-order valence-electron chi connectivity index (χ0n) is 11.8. The van der Waals surface area contributed by atoms with E-state index in [0.717, 1.165) is 17.0 Å². The van der Waals surface area contributed by atoms with Crippen LogP contribution in [-0.4, -0.2) is 15.0 Å². The van der Waals surface area contributed by atoms with Gasteiger partial charge < -0.3 is 5.32 Å². The van der Waals surface area contributed by atoms with Crippen LogP contribution in [0, 0.1) is 6.92 Å². The van der Waals surface area contributed by atoms with Crippen LogP contribution in [0.25, 0.3) is 0 Å². The van der Waals surface area contributed by atoms with Crippen molar-refractivity contribution in [1.82, 2.24) is 5.32 Å². The zero-order valence-corrected chi connectivity index (χ0v) is 14.2. The lowest BCUT2D eigenvalue weighted by Gasteiger charge is -2.12. The van der Waals surface area contributed by atoms with Crippen LogP contribution in [0.1, 0.15) is 17.4 Å². The maximum Gasteiger partial charge on any atom is 0.263 e. The van der Waals surface area contributed by atoms with Crippen LogP contribution in [-0.2, 0) is 16.6 Å². The summed E-state index contributed by atoms with van der Waals surface area (Å²) < 4.78 is 27.7. The monoisotopic (exact) mass is 344 g/mol. The Hall–Kier alpha value is -1.08. The minimum absolute atomic E-state index is 0.299. The summed E-state index contributed by atoms with van der Waals surface area (Å²) >= 11 is 7.50. The number of benzene rings is 1. The van der Waals surface area contributed by atoms with E-state index in [2.05, 4.69) is 10.0 Å². The first-order chi connectivity index (χ1) is 9.95. The Morgan fingerprint density at radius 3 is 2.71 bits per heavy atom. The standard InChI is InChI=1S/C14H17ClN2O2S2/c1-3-16-9-12-13(7-8-20-12)21(18,19)17-14-10(2)5-4-6-11(14)15/h4-8,16-17H,3,9H2,1-2H3. The van der Waals surface area contributed by atoms with Crippen molar-refractivity contribution in [2.45, 2.75) is 25.3 Å². The smallest absolute Gasteiger partial charge is 0.263 e. The molecule has 0 amide bonds. The Bertz CT molecular complexity index is 706. The van der Waals surface area contributed by atoms with E-state index < -0.39 is 10.0 Å². The fourth-order valence-electron chi connectivity index (χ4n) is 1.89. The van der Waals surface area contributed by atoms with Gasteiger partial charge in [0.25, 0.3) is 10.0 Å². The van der Waals surface area contributed by atoms with Crippen molar-refractivity contribution < 1.29 is 8.42 Å². The number of nitrogens with one attached hydrogen (secondary N) is 2. The van der Waals surface area contributed by atoms with Crippen LogP contribution in [0.4, 0.5) is 5.69 Å². The molecule has 0 aliphatic rings. The Kier molecular flexibility index (Phi) is 5.27. The Morgan fingerprint density at radius 2 is 2.05 bits per heavy atom. The van der Waals surface area contributed by atoms with Crippen molar-refractivity contribution in [2.24, 2.45) is 0 Å². The zero-order chi connectivity index (χ0) is 15.5. The molecule has 0 saturated carbocycles. The summed E-state index contributed by atoms with van der Waals surface area (Å²) in [5.41, 5.74) is 1.22. The molecule has 0 aliphatic carbocycles. The van der Waals surface area contributed by atoms with Gasteiger partial charge in [0.1, 0.15) is 4.90 Å². The first-order valence-electron chi connectivity index (χ1n) is 6.50. The van der Waals surface area contributed by atoms with Gasteiger partial charge in [0.05, 0.1) is 10.7 Å². The highest BCUT2D eigenvalue weighted by Crippen LogP contribution is 2.30. The van der Waals surface area contributed by atoms with E-state index in [9.17, 15) is 8.42 Å². The van der Waals surface area contributed by atoms with Crippen molar-refractivity contribution in [1.29, 1.82) is 0 Å². The van der Waals surface area contributed by atoms with Gasteiger partial charge in [0, 0.05) is 11.4 Å². The van der Waals surface area contributed by atoms with Gasteiger partial charge in [0.2, 0.25) is 0 Å². The number of sulfonamides is 1. The quantitative estimate of drug-likeness (QED) is 0.841. The number of anilines is 1. The highest BCUT2D eigenvalue weighted by molar-refractivity contribution is 7.93. The number of rotatable bonds is 6. The molecule has 0 spiro atoms. The summed E-state index contributed by atoms with van der Waals surface area (Å²) in [5.74, 6) is 0. The van der Waals surface area contributed by atoms with E-state index in [4.69, 9.17) is 11.6 Å². The summed E-state index contributed by atoms with van der Waals surface area (Å²) in [5, 5.41) is 5.31. The number of aryl methyl sites for hydroxylation is 1. The highest BCUT2D eigenvalue weighted by Gasteiger charge is 2.21. The summed E-state index contributed by atoms with van der Waals surface area (Å²) in [7, 11) is -3.64. The van der Waals surface area contributed by atoms with E-state index in [1.165, 1.54) is 11.3 Å². The van der Waals surface area contributed by atoms with Gasteiger partial charge in [-0.15, -0.1) is 11.3 Å². The van der Waals surface area contributed by atoms with Crippen molar-refractivity contribution >= 4 is 38.6 Å². The van der Waals surface area contributed by atoms with Gasteiger partial charge in [-0.05, 0) is 36.5 Å². The highest BCUT2D eigenvalue weighted by atomic mass is 35.5. The van der Waals surface area contributed by atoms with E-state index in [-0.39, 0.29) is 0 Å². The maximum absolute atomic E-state index is 12.6. The molecule has 1 aromatic carbocycles. The molecular weight excluding hydrogens is 328 g/mol. The lowest BCUT2D eigenvalue weighted by atomic mass is 10.2. The van der Waals surface area contributed by atoms with Crippen LogP contribution < -0.4 is 10.0 Å². The molecule has 1 aromatic heterocycles. The molecule has 0 aliphatic heterocycles. The van der Waals surface area contributed by atoms with Gasteiger partial charge >= 0.3 is 0 Å². The van der Waals surface area contributed by atoms with Crippen LogP contribution in [0.5, 0.6) is 0 Å². The second kappa shape index (κ2) is 6.79. The lowest BCUT2D eigenvalue weighted by Crippen LogP contribution is -2.17. The molecule has 7 heteroatoms. The SMILES string of the molecule is CCNCc1sccc1S(=O)(=O)Nc1c(C)cccc1Cl. The number of hydrogen-bond acceptors (Lipinski definition) is 4. The maximum atomic E-state index is 12.6. The van der Waals surface area contributed by atoms with E-state index >= 15 is 0 Å². The van der Waals surface area contributed by atoms with E-state index in [1.54, 1.807) is 23.6 Å². The predicted molar refractivity (Wildman–Crippen MR) is 88.7 cm³/mol. The van der Waals surface area contributed by atoms with Crippen LogP contribution >= 0.6 is 22.9 Å². The number of thiophene rings is 1. The minimum atomic E-state index is -3.64. The summed E-state index contributed by atoms with van der Waals surface area (Å²) in [6.07, 6.45) is 0. The molecule has 0 unspecified atom stereocenters. The Balaban J connectivity index is 2.33. The van der Waals surface area contributed by atoms with Crippen molar-refractivity contribution in [3.05, 3.63) is 45.1 Å². The van der Waals surface area contributed by atoms with Crippen molar-refractivity contribution in [3.63, 3.8) is 0 Å². The summed E-state index contributed by atoms with van der Waals surface area (Å²) in [4.78, 5) is 1.09. The molecule has 0 atom stereocenters. The van der Waals surface area contributed by atoms with Crippen LogP contribution in [0.3, 0.4) is 0 Å². The minimum Gasteiger partial charge on any atom is -0.312 e. The first-order valence-corrected chi connectivity index (χ1v) is 9.24.